The van der Waals surface area contributed by atoms with Gasteiger partial charge in [-0.15, -0.1) is 0 Å². The lowest BCUT2D eigenvalue weighted by Gasteiger charge is -2.18. The quantitative estimate of drug-likeness (QED) is 0.171. The molecule has 0 aliphatic rings. The molecule has 11 rings (SSSR count). The summed E-state index contributed by atoms with van der Waals surface area (Å²) < 4.78 is 12.5. The van der Waals surface area contributed by atoms with Crippen LogP contribution in [0.2, 0.25) is 0 Å². The average Bonchev–Trinajstić information content (AvgIpc) is 3.91. The molecule has 0 saturated carbocycles. The second-order valence-electron chi connectivity index (χ2n) is 14.0. The van der Waals surface area contributed by atoms with Gasteiger partial charge in [-0.1, -0.05) is 121 Å². The van der Waals surface area contributed by atoms with Crippen LogP contribution in [0.1, 0.15) is 0 Å². The fourth-order valence-corrected chi connectivity index (χ4v) is 7.70. The lowest BCUT2D eigenvalue weighted by molar-refractivity contribution is 0.619. The van der Waals surface area contributed by atoms with E-state index >= 15 is 0 Å². The monoisotopic (exact) mass is 717 g/mol. The third kappa shape index (κ3) is 5.62. The molecule has 0 atom stereocenters. The molecule has 0 N–H and O–H groups in total. The van der Waals surface area contributed by atoms with Gasteiger partial charge in [0.2, 0.25) is 11.8 Å². The van der Waals surface area contributed by atoms with Crippen LogP contribution < -0.4 is 0 Å². The zero-order valence-electron chi connectivity index (χ0n) is 30.1. The van der Waals surface area contributed by atoms with Gasteiger partial charge in [-0.25, -0.2) is 15.0 Å². The Bertz CT molecular complexity index is 3000. The highest BCUT2D eigenvalue weighted by Gasteiger charge is 2.21. The molecule has 0 aliphatic carbocycles. The van der Waals surface area contributed by atoms with Crippen molar-refractivity contribution < 1.29 is 8.83 Å². The van der Waals surface area contributed by atoms with Crippen LogP contribution >= 0.6 is 0 Å². The maximum absolute atomic E-state index is 6.24. The number of hydrogen-bond donors (Lipinski definition) is 0. The van der Waals surface area contributed by atoms with Crippen molar-refractivity contribution in [3.63, 3.8) is 0 Å². The van der Waals surface area contributed by atoms with E-state index in [1.165, 1.54) is 21.5 Å². The molecule has 0 fully saturated rings. The molecule has 5 heteroatoms. The first-order valence-corrected chi connectivity index (χ1v) is 18.7. The number of para-hydroxylation sites is 4. The number of rotatable bonds is 6. The zero-order chi connectivity index (χ0) is 37.0. The number of pyridine rings is 1. The standard InChI is InChI=1S/C51H31N3O2/c1-3-13-34-27-36(25-23-32(34)11-1)42-31-43(37-26-24-33-12-2-4-14-35(33)28-37)49(39-16-10-18-41(30-39)51-53-45-20-6-8-22-47(45)56-51)54-48(42)38-15-9-17-40(29-38)50-52-44-19-5-7-21-46(44)55-50/h1-31H. The zero-order valence-corrected chi connectivity index (χ0v) is 30.1. The minimum absolute atomic E-state index is 0.569. The first-order chi connectivity index (χ1) is 27.7. The van der Waals surface area contributed by atoms with E-state index in [0.29, 0.717) is 11.8 Å². The third-order valence-electron chi connectivity index (χ3n) is 10.5. The van der Waals surface area contributed by atoms with E-state index in [-0.39, 0.29) is 0 Å². The normalized spacial score (nSPS) is 11.6. The Morgan fingerprint density at radius 2 is 0.714 bits per heavy atom. The van der Waals surface area contributed by atoms with Gasteiger partial charge in [0.05, 0.1) is 11.4 Å². The maximum atomic E-state index is 6.24. The molecule has 262 valence electrons. The van der Waals surface area contributed by atoms with Crippen molar-refractivity contribution in [1.82, 2.24) is 15.0 Å². The van der Waals surface area contributed by atoms with Crippen molar-refractivity contribution >= 4 is 43.7 Å². The summed E-state index contributed by atoms with van der Waals surface area (Å²) in [4.78, 5) is 15.3. The number of benzene rings is 8. The summed E-state index contributed by atoms with van der Waals surface area (Å²) in [5, 5.41) is 4.70. The van der Waals surface area contributed by atoms with Gasteiger partial charge in [0, 0.05) is 33.4 Å². The van der Waals surface area contributed by atoms with Crippen LogP contribution in [0.5, 0.6) is 0 Å². The molecule has 5 nitrogen and oxygen atoms in total. The summed E-state index contributed by atoms with van der Waals surface area (Å²) in [5.74, 6) is 1.14. The highest BCUT2D eigenvalue weighted by molar-refractivity contribution is 5.97. The van der Waals surface area contributed by atoms with Crippen LogP contribution in [-0.4, -0.2) is 15.0 Å². The van der Waals surface area contributed by atoms with E-state index in [4.69, 9.17) is 23.8 Å². The molecule has 3 aromatic heterocycles. The van der Waals surface area contributed by atoms with Crippen LogP contribution in [0.25, 0.3) is 111 Å². The van der Waals surface area contributed by atoms with Gasteiger partial charge >= 0.3 is 0 Å². The Hall–Kier alpha value is -7.63. The Labute approximate surface area is 322 Å². The largest absolute Gasteiger partial charge is 0.436 e. The van der Waals surface area contributed by atoms with E-state index in [2.05, 4.69) is 127 Å². The summed E-state index contributed by atoms with van der Waals surface area (Å²) >= 11 is 0. The Morgan fingerprint density at radius 1 is 0.286 bits per heavy atom. The maximum Gasteiger partial charge on any atom is 0.227 e. The summed E-state index contributed by atoms with van der Waals surface area (Å²) in [6.07, 6.45) is 0. The van der Waals surface area contributed by atoms with Gasteiger partial charge in [-0.05, 0) is 99.4 Å². The first-order valence-electron chi connectivity index (χ1n) is 18.7. The van der Waals surface area contributed by atoms with Gasteiger partial charge in [-0.3, -0.25) is 0 Å². The van der Waals surface area contributed by atoms with E-state index in [0.717, 1.165) is 78.1 Å². The highest BCUT2D eigenvalue weighted by Crippen LogP contribution is 2.42. The van der Waals surface area contributed by atoms with Crippen molar-refractivity contribution in [2.75, 3.05) is 0 Å². The molecule has 0 spiro atoms. The summed E-state index contributed by atoms with van der Waals surface area (Å²) in [7, 11) is 0. The molecule has 0 saturated heterocycles. The third-order valence-corrected chi connectivity index (χ3v) is 10.5. The molecule has 0 bridgehead atoms. The smallest absolute Gasteiger partial charge is 0.227 e. The Balaban J connectivity index is 1.17. The fraction of sp³-hybridized carbons (Fsp3) is 0. The van der Waals surface area contributed by atoms with Gasteiger partial charge in [0.1, 0.15) is 11.0 Å². The molecule has 56 heavy (non-hydrogen) atoms. The van der Waals surface area contributed by atoms with Gasteiger partial charge < -0.3 is 8.83 Å². The van der Waals surface area contributed by atoms with Crippen molar-refractivity contribution in [3.8, 4) is 67.7 Å². The number of fused-ring (bicyclic) bond motifs is 4. The summed E-state index contributed by atoms with van der Waals surface area (Å²) in [6, 6.07) is 65.0. The van der Waals surface area contributed by atoms with E-state index in [1.807, 2.05) is 60.7 Å². The topological polar surface area (TPSA) is 65.0 Å². The average molecular weight is 718 g/mol. The number of nitrogens with zero attached hydrogens (tertiary/aromatic N) is 3. The minimum Gasteiger partial charge on any atom is -0.436 e. The van der Waals surface area contributed by atoms with E-state index in [1.54, 1.807) is 0 Å². The van der Waals surface area contributed by atoms with Gasteiger partial charge in [-0.2, -0.15) is 0 Å². The molecule has 0 radical (unpaired) electrons. The van der Waals surface area contributed by atoms with Crippen molar-refractivity contribution in [3.05, 3.63) is 188 Å². The predicted octanol–water partition coefficient (Wildman–Crippen LogP) is 13.7. The van der Waals surface area contributed by atoms with Crippen LogP contribution in [0.3, 0.4) is 0 Å². The van der Waals surface area contributed by atoms with Gasteiger partial charge in [0.25, 0.3) is 0 Å². The number of hydrogen-bond acceptors (Lipinski definition) is 5. The van der Waals surface area contributed by atoms with Crippen LogP contribution in [0.15, 0.2) is 197 Å². The van der Waals surface area contributed by atoms with Crippen molar-refractivity contribution in [2.24, 2.45) is 0 Å². The number of oxazole rings is 2. The Morgan fingerprint density at radius 3 is 1.20 bits per heavy atom. The molecule has 3 heterocycles. The van der Waals surface area contributed by atoms with Crippen molar-refractivity contribution in [1.29, 1.82) is 0 Å². The minimum atomic E-state index is 0.569. The van der Waals surface area contributed by atoms with Crippen LogP contribution in [0, 0.1) is 0 Å². The second kappa shape index (κ2) is 13.0. The molecular weight excluding hydrogens is 687 g/mol. The predicted molar refractivity (Wildman–Crippen MR) is 227 cm³/mol. The van der Waals surface area contributed by atoms with Crippen LogP contribution in [0.4, 0.5) is 0 Å². The molecule has 0 aliphatic heterocycles. The van der Waals surface area contributed by atoms with E-state index in [9.17, 15) is 0 Å². The van der Waals surface area contributed by atoms with Gasteiger partial charge in [0.15, 0.2) is 11.2 Å². The molecule has 8 aromatic carbocycles. The second-order valence-corrected chi connectivity index (χ2v) is 14.0. The SMILES string of the molecule is c1cc(-c2nc3ccccc3o2)cc(-c2nc(-c3cccc(-c4nc5ccccc5o4)c3)c(-c3ccc4ccccc4c3)cc2-c2ccc3ccccc3c2)c1. The molecule has 0 unspecified atom stereocenters. The van der Waals surface area contributed by atoms with Crippen molar-refractivity contribution in [2.45, 2.75) is 0 Å². The lowest BCUT2D eigenvalue weighted by atomic mass is 9.90. The summed E-state index contributed by atoms with van der Waals surface area (Å²) in [5.41, 5.74) is 12.7. The highest BCUT2D eigenvalue weighted by atomic mass is 16.4. The Kier molecular flexibility index (Phi) is 7.42. The molecule has 11 aromatic rings. The molecule has 0 amide bonds. The number of aromatic nitrogens is 3. The summed E-state index contributed by atoms with van der Waals surface area (Å²) in [6.45, 7) is 0. The fourth-order valence-electron chi connectivity index (χ4n) is 7.70. The van der Waals surface area contributed by atoms with E-state index < -0.39 is 0 Å². The van der Waals surface area contributed by atoms with Crippen LogP contribution in [-0.2, 0) is 0 Å². The molecular formula is C51H31N3O2. The lowest BCUT2D eigenvalue weighted by Crippen LogP contribution is -1.98. The first kappa shape index (κ1) is 31.9.